The average molecular weight is 186 g/mol. The summed E-state index contributed by atoms with van der Waals surface area (Å²) in [6, 6.07) is 9.45. The van der Waals surface area contributed by atoms with Crippen molar-refractivity contribution in [1.82, 2.24) is 0 Å². The molecule has 0 radical (unpaired) electrons. The zero-order valence-corrected chi connectivity index (χ0v) is 7.64. The summed E-state index contributed by atoms with van der Waals surface area (Å²) < 4.78 is 5.51. The van der Waals surface area contributed by atoms with Crippen LogP contribution in [0, 0.1) is 0 Å². The molecule has 1 aromatic carbocycles. The summed E-state index contributed by atoms with van der Waals surface area (Å²) in [4.78, 5) is 11.0. The van der Waals surface area contributed by atoms with Gasteiger partial charge in [-0.3, -0.25) is 4.79 Å². The molecule has 2 heteroatoms. The van der Waals surface area contributed by atoms with Crippen LogP contribution in [0.1, 0.15) is 6.42 Å². The zero-order chi connectivity index (χ0) is 9.80. The van der Waals surface area contributed by atoms with E-state index in [4.69, 9.17) is 4.74 Å². The minimum atomic E-state index is -0.0119. The molecule has 0 atom stereocenters. The summed E-state index contributed by atoms with van der Waals surface area (Å²) in [6.07, 6.45) is 5.56. The van der Waals surface area contributed by atoms with E-state index in [-0.39, 0.29) is 5.78 Å². The van der Waals surface area contributed by atoms with Crippen molar-refractivity contribution in [3.63, 3.8) is 0 Å². The number of para-hydroxylation sites is 1. The standard InChI is InChI=1S/C12H10O2/c13-10-5-4-8-12(9-10)14-11-6-2-1-3-7-11/h1-7,9H,8H2. The second-order valence-electron chi connectivity index (χ2n) is 3.03. The molecule has 0 N–H and O–H groups in total. The van der Waals surface area contributed by atoms with E-state index < -0.39 is 0 Å². The van der Waals surface area contributed by atoms with Crippen molar-refractivity contribution in [2.24, 2.45) is 0 Å². The molecule has 0 aliphatic heterocycles. The molecular weight excluding hydrogens is 176 g/mol. The maximum atomic E-state index is 11.0. The molecule has 14 heavy (non-hydrogen) atoms. The van der Waals surface area contributed by atoms with Gasteiger partial charge in [-0.25, -0.2) is 0 Å². The van der Waals surface area contributed by atoms with Crippen molar-refractivity contribution in [2.75, 3.05) is 0 Å². The third-order valence-corrected chi connectivity index (χ3v) is 1.90. The number of allylic oxidation sites excluding steroid dienone is 3. The van der Waals surface area contributed by atoms with Gasteiger partial charge in [0.1, 0.15) is 11.5 Å². The molecule has 1 aliphatic rings. The van der Waals surface area contributed by atoms with Gasteiger partial charge in [0.15, 0.2) is 5.78 Å². The van der Waals surface area contributed by atoms with Crippen molar-refractivity contribution in [3.05, 3.63) is 54.3 Å². The van der Waals surface area contributed by atoms with E-state index in [0.717, 1.165) is 5.75 Å². The number of hydrogen-bond donors (Lipinski definition) is 0. The van der Waals surface area contributed by atoms with Gasteiger partial charge in [0.2, 0.25) is 0 Å². The molecule has 0 amide bonds. The second kappa shape index (κ2) is 3.92. The predicted octanol–water partition coefficient (Wildman–Crippen LogP) is 2.48. The first-order valence-electron chi connectivity index (χ1n) is 4.48. The van der Waals surface area contributed by atoms with E-state index in [1.165, 1.54) is 6.08 Å². The Bertz CT molecular complexity index is 388. The number of rotatable bonds is 2. The largest absolute Gasteiger partial charge is 0.461 e. The van der Waals surface area contributed by atoms with E-state index in [9.17, 15) is 4.79 Å². The molecule has 0 fully saturated rings. The van der Waals surface area contributed by atoms with E-state index in [1.54, 1.807) is 12.2 Å². The first-order valence-corrected chi connectivity index (χ1v) is 4.48. The van der Waals surface area contributed by atoms with E-state index in [0.29, 0.717) is 12.2 Å². The van der Waals surface area contributed by atoms with Gasteiger partial charge in [-0.2, -0.15) is 0 Å². The lowest BCUT2D eigenvalue weighted by Gasteiger charge is -2.09. The highest BCUT2D eigenvalue weighted by atomic mass is 16.5. The highest BCUT2D eigenvalue weighted by Gasteiger charge is 2.05. The van der Waals surface area contributed by atoms with Crippen LogP contribution >= 0.6 is 0 Å². The van der Waals surface area contributed by atoms with Crippen LogP contribution in [0.4, 0.5) is 0 Å². The highest BCUT2D eigenvalue weighted by molar-refractivity contribution is 6.00. The Hall–Kier alpha value is -1.83. The molecule has 0 unspecified atom stereocenters. The van der Waals surface area contributed by atoms with Crippen molar-refractivity contribution < 1.29 is 9.53 Å². The minimum absolute atomic E-state index is 0.0119. The Morgan fingerprint density at radius 2 is 1.93 bits per heavy atom. The van der Waals surface area contributed by atoms with Crippen LogP contribution in [0.25, 0.3) is 0 Å². The van der Waals surface area contributed by atoms with Gasteiger partial charge in [-0.05, 0) is 18.2 Å². The Morgan fingerprint density at radius 3 is 2.64 bits per heavy atom. The van der Waals surface area contributed by atoms with Crippen molar-refractivity contribution in [3.8, 4) is 5.75 Å². The molecule has 1 aliphatic carbocycles. The first kappa shape index (κ1) is 8.75. The monoisotopic (exact) mass is 186 g/mol. The summed E-state index contributed by atoms with van der Waals surface area (Å²) in [5, 5.41) is 0. The third kappa shape index (κ3) is 2.10. The number of hydrogen-bond acceptors (Lipinski definition) is 2. The fourth-order valence-electron chi connectivity index (χ4n) is 1.27. The van der Waals surface area contributed by atoms with Crippen molar-refractivity contribution in [1.29, 1.82) is 0 Å². The normalized spacial score (nSPS) is 15.1. The van der Waals surface area contributed by atoms with Gasteiger partial charge in [0.25, 0.3) is 0 Å². The summed E-state index contributed by atoms with van der Waals surface area (Å²) in [5.74, 6) is 1.45. The quantitative estimate of drug-likeness (QED) is 0.709. The molecule has 0 saturated carbocycles. The van der Waals surface area contributed by atoms with Gasteiger partial charge >= 0.3 is 0 Å². The molecule has 0 saturated heterocycles. The van der Waals surface area contributed by atoms with Gasteiger partial charge < -0.3 is 4.74 Å². The summed E-state index contributed by atoms with van der Waals surface area (Å²) in [7, 11) is 0. The number of ketones is 1. The van der Waals surface area contributed by atoms with Crippen molar-refractivity contribution in [2.45, 2.75) is 6.42 Å². The van der Waals surface area contributed by atoms with Crippen LogP contribution in [-0.2, 0) is 4.79 Å². The van der Waals surface area contributed by atoms with E-state index in [2.05, 4.69) is 0 Å². The molecule has 0 heterocycles. The SMILES string of the molecule is O=C1C=CCC(Oc2ccccc2)=C1. The maximum Gasteiger partial charge on any atom is 0.181 e. The smallest absolute Gasteiger partial charge is 0.181 e. The number of carbonyl (C=O) groups excluding carboxylic acids is 1. The van der Waals surface area contributed by atoms with E-state index in [1.807, 2.05) is 30.3 Å². The Balaban J connectivity index is 2.09. The minimum Gasteiger partial charge on any atom is -0.461 e. The highest BCUT2D eigenvalue weighted by Crippen LogP contribution is 2.16. The van der Waals surface area contributed by atoms with Crippen LogP contribution in [-0.4, -0.2) is 5.78 Å². The number of benzene rings is 1. The van der Waals surface area contributed by atoms with E-state index >= 15 is 0 Å². The first-order chi connectivity index (χ1) is 6.84. The fourth-order valence-corrected chi connectivity index (χ4v) is 1.27. The van der Waals surface area contributed by atoms with Crippen molar-refractivity contribution >= 4 is 5.78 Å². The topological polar surface area (TPSA) is 26.3 Å². The molecule has 0 spiro atoms. The van der Waals surface area contributed by atoms with Gasteiger partial charge in [0.05, 0.1) is 0 Å². The molecule has 1 aromatic rings. The number of ether oxygens (including phenoxy) is 1. The van der Waals surface area contributed by atoms with Crippen LogP contribution < -0.4 is 4.74 Å². The molecule has 2 rings (SSSR count). The maximum absolute atomic E-state index is 11.0. The zero-order valence-electron chi connectivity index (χ0n) is 7.64. The molecule has 2 nitrogen and oxygen atoms in total. The van der Waals surface area contributed by atoms with Crippen LogP contribution in [0.15, 0.2) is 54.3 Å². The Kier molecular flexibility index (Phi) is 2.45. The predicted molar refractivity (Wildman–Crippen MR) is 53.9 cm³/mol. The second-order valence-corrected chi connectivity index (χ2v) is 3.03. The van der Waals surface area contributed by atoms with Crippen LogP contribution in [0.5, 0.6) is 5.75 Å². The molecular formula is C12H10O2. The lowest BCUT2D eigenvalue weighted by Crippen LogP contribution is -2.02. The Labute approximate surface area is 82.5 Å². The molecule has 0 aromatic heterocycles. The van der Waals surface area contributed by atoms with Gasteiger partial charge in [-0.15, -0.1) is 0 Å². The summed E-state index contributed by atoms with van der Waals surface area (Å²) in [6.45, 7) is 0. The van der Waals surface area contributed by atoms with Crippen LogP contribution in [0.2, 0.25) is 0 Å². The fraction of sp³-hybridized carbons (Fsp3) is 0.0833. The Morgan fingerprint density at radius 1 is 1.14 bits per heavy atom. The summed E-state index contributed by atoms with van der Waals surface area (Å²) in [5.41, 5.74) is 0. The lowest BCUT2D eigenvalue weighted by molar-refractivity contribution is -0.110. The number of carbonyl (C=O) groups is 1. The third-order valence-electron chi connectivity index (χ3n) is 1.90. The molecule has 0 bridgehead atoms. The lowest BCUT2D eigenvalue weighted by atomic mass is 10.1. The molecule has 70 valence electrons. The van der Waals surface area contributed by atoms with Crippen LogP contribution in [0.3, 0.4) is 0 Å². The summed E-state index contributed by atoms with van der Waals surface area (Å²) >= 11 is 0. The average Bonchev–Trinajstić information content (AvgIpc) is 2.19. The van der Waals surface area contributed by atoms with Gasteiger partial charge in [-0.1, -0.05) is 24.3 Å². The van der Waals surface area contributed by atoms with Gasteiger partial charge in [0, 0.05) is 12.5 Å².